The van der Waals surface area contributed by atoms with Gasteiger partial charge in [0.25, 0.3) is 5.91 Å². The molecule has 1 aliphatic heterocycles. The van der Waals surface area contributed by atoms with Gasteiger partial charge in [0.15, 0.2) is 17.9 Å². The summed E-state index contributed by atoms with van der Waals surface area (Å²) in [6.45, 7) is 11.5. The van der Waals surface area contributed by atoms with Crippen molar-refractivity contribution in [2.45, 2.75) is 91.1 Å². The highest BCUT2D eigenvalue weighted by Crippen LogP contribution is 2.42. The molecule has 11 N–H and O–H groups in total. The third kappa shape index (κ3) is 16.4. The fourth-order valence-electron chi connectivity index (χ4n) is 7.86. The van der Waals surface area contributed by atoms with E-state index in [0.717, 1.165) is 12.8 Å². The third-order valence-electron chi connectivity index (χ3n) is 11.3. The molecule has 1 saturated heterocycles. The number of benzene rings is 3. The highest BCUT2D eigenvalue weighted by atomic mass is 35.5. The summed E-state index contributed by atoms with van der Waals surface area (Å²) in [7, 11) is 0. The maximum atomic E-state index is 13.4. The van der Waals surface area contributed by atoms with Gasteiger partial charge in [-0.15, -0.1) is 24.8 Å². The van der Waals surface area contributed by atoms with E-state index in [1.54, 1.807) is 12.1 Å². The number of anilines is 3. The molecule has 0 aromatic heterocycles. The van der Waals surface area contributed by atoms with E-state index in [-0.39, 0.29) is 95.4 Å². The Morgan fingerprint density at radius 3 is 1.75 bits per heavy atom. The second-order valence-corrected chi connectivity index (χ2v) is 17.1. The van der Waals surface area contributed by atoms with Gasteiger partial charge in [-0.05, 0) is 62.6 Å². The number of ether oxygens (including phenoxy) is 3. The average molecular weight is 1050 g/mol. The van der Waals surface area contributed by atoms with Crippen LogP contribution in [0, 0.1) is 11.8 Å². The van der Waals surface area contributed by atoms with Crippen LogP contribution in [0.4, 0.5) is 17.1 Å². The molecule has 21 nitrogen and oxygen atoms in total. The smallest absolute Gasteiger partial charge is 0.332 e. The third-order valence-corrected chi connectivity index (χ3v) is 11.3. The molecule has 1 heterocycles. The fourth-order valence-corrected chi connectivity index (χ4v) is 7.86. The normalized spacial score (nSPS) is 18.1. The largest absolute Gasteiger partial charge is 0.507 e. The molecule has 0 radical (unpaired) electrons. The molecule has 0 saturated carbocycles. The van der Waals surface area contributed by atoms with Crippen molar-refractivity contribution in [2.24, 2.45) is 11.8 Å². The Morgan fingerprint density at radius 2 is 1.25 bits per heavy atom. The topological polar surface area (TPSA) is 321 Å². The number of ketones is 2. The molecule has 5 unspecified atom stereocenters. The van der Waals surface area contributed by atoms with Crippen LogP contribution < -0.4 is 31.9 Å². The number of rotatable bonds is 23. The molecule has 398 valence electrons. The number of carbonyl (C=O) groups is 7. The first-order valence-corrected chi connectivity index (χ1v) is 23.4. The van der Waals surface area contributed by atoms with Crippen LogP contribution in [0.25, 0.3) is 0 Å². The Kier molecular flexibility index (Phi) is 26.3. The van der Waals surface area contributed by atoms with Crippen molar-refractivity contribution in [3.8, 4) is 17.2 Å². The Balaban J connectivity index is 0.000000486. The number of nitrogens with one attached hydrogen (secondary N) is 6. The maximum Gasteiger partial charge on any atom is 0.332 e. The average Bonchev–Trinajstić information content (AvgIpc) is 3.34. The van der Waals surface area contributed by atoms with Gasteiger partial charge in [-0.3, -0.25) is 28.8 Å². The van der Waals surface area contributed by atoms with Gasteiger partial charge in [-0.2, -0.15) is 0 Å². The van der Waals surface area contributed by atoms with Crippen LogP contribution in [0.3, 0.4) is 0 Å². The highest BCUT2D eigenvalue weighted by Gasteiger charge is 2.44. The molecule has 5 rings (SSSR count). The highest BCUT2D eigenvalue weighted by molar-refractivity contribution is 6.33. The molecule has 2 amide bonds. The van der Waals surface area contributed by atoms with E-state index in [1.807, 2.05) is 20.8 Å². The summed E-state index contributed by atoms with van der Waals surface area (Å²) in [5, 5.41) is 65.7. The summed E-state index contributed by atoms with van der Waals surface area (Å²) in [5.41, 5.74) is 0.463. The van der Waals surface area contributed by atoms with Gasteiger partial charge in [-0.25, -0.2) is 4.79 Å². The summed E-state index contributed by atoms with van der Waals surface area (Å²) < 4.78 is 16.9. The van der Waals surface area contributed by atoms with Gasteiger partial charge in [0, 0.05) is 57.1 Å². The maximum absolute atomic E-state index is 13.4. The molecular formula is C49H68Cl2N6O15. The zero-order chi connectivity index (χ0) is 51.5. The SMILES string of the molecule is CCCCCC1C(=O)OC(C)C(NC(=O)c2cccc(NC=O)c2O)C(=O)OC(C)C1OC(=O)CC(C)C.Cl.Cl.O=C1c2c(O)ccc(O)c2C(=O)c2c(NCCNCCO)ccc(NCCNCCO)c21. The number of para-hydroxylation sites is 1. The van der Waals surface area contributed by atoms with Crippen molar-refractivity contribution in [3.63, 3.8) is 0 Å². The van der Waals surface area contributed by atoms with E-state index in [9.17, 15) is 48.9 Å². The van der Waals surface area contributed by atoms with Crippen LogP contribution in [0.2, 0.25) is 0 Å². The lowest BCUT2D eigenvalue weighted by Crippen LogP contribution is -2.50. The lowest BCUT2D eigenvalue weighted by molar-refractivity contribution is -0.175. The first kappa shape index (κ1) is 61.9. The van der Waals surface area contributed by atoms with Crippen LogP contribution in [0.15, 0.2) is 42.5 Å². The standard InChI is InChI=1S/C27H38N2O9.C22H28N4O6.2ClH/c1-6-7-8-10-19-24(38-21(31)13-15(2)3)17(5)37-27(35)22(16(4)36-26(19)34)29-25(33)18-11-9-12-20(23(18)32)28-14-30;27-11-9-23-5-7-25-13-1-2-14(26-8-6-24-10-12-28)18-17(13)21(31)19-15(29)3-4-16(30)20(19)22(18)32;;/h9,11-12,14-17,19,22,24,32H,6-8,10,13H2,1-5H3,(H,28,30)(H,29,33);1-4,23-30H,5-12H2;2*1H. The van der Waals surface area contributed by atoms with Crippen LogP contribution in [0.1, 0.15) is 109 Å². The second kappa shape index (κ2) is 30.6. The van der Waals surface area contributed by atoms with Gasteiger partial charge in [0.05, 0.1) is 52.6 Å². The van der Waals surface area contributed by atoms with Crippen molar-refractivity contribution >= 4 is 83.7 Å². The van der Waals surface area contributed by atoms with E-state index in [0.29, 0.717) is 69.9 Å². The fraction of sp³-hybridized carbons (Fsp3) is 0.490. The molecule has 72 heavy (non-hydrogen) atoms. The number of unbranched alkanes of at least 4 members (excludes halogenated alkanes) is 2. The number of cyclic esters (lactones) is 2. The van der Waals surface area contributed by atoms with Crippen molar-refractivity contribution in [3.05, 3.63) is 70.3 Å². The molecule has 23 heteroatoms. The summed E-state index contributed by atoms with van der Waals surface area (Å²) in [6, 6.07) is 8.45. The van der Waals surface area contributed by atoms with Crippen LogP contribution in [0.5, 0.6) is 17.2 Å². The van der Waals surface area contributed by atoms with Crippen LogP contribution in [-0.4, -0.2) is 144 Å². The number of amides is 2. The van der Waals surface area contributed by atoms with Gasteiger partial charge in [-0.1, -0.05) is 46.1 Å². The Labute approximate surface area is 430 Å². The number of aliphatic hydroxyl groups excluding tert-OH is 2. The van der Waals surface area contributed by atoms with E-state index >= 15 is 0 Å². The quantitative estimate of drug-likeness (QED) is 0.0126. The molecule has 1 fully saturated rings. The van der Waals surface area contributed by atoms with Gasteiger partial charge < -0.3 is 71.6 Å². The zero-order valence-electron chi connectivity index (χ0n) is 40.9. The van der Waals surface area contributed by atoms with E-state index in [1.165, 1.54) is 44.2 Å². The Morgan fingerprint density at radius 1 is 0.708 bits per heavy atom. The molecule has 3 aromatic rings. The summed E-state index contributed by atoms with van der Waals surface area (Å²) in [5.74, 6) is -6.14. The minimum absolute atomic E-state index is 0. The Bertz CT molecular complexity index is 2260. The van der Waals surface area contributed by atoms with E-state index in [4.69, 9.17) is 24.4 Å². The predicted molar refractivity (Wildman–Crippen MR) is 272 cm³/mol. The lowest BCUT2D eigenvalue weighted by Gasteiger charge is -2.29. The summed E-state index contributed by atoms with van der Waals surface area (Å²) >= 11 is 0. The second-order valence-electron chi connectivity index (χ2n) is 17.1. The van der Waals surface area contributed by atoms with Crippen molar-refractivity contribution in [2.75, 3.05) is 68.4 Å². The lowest BCUT2D eigenvalue weighted by atomic mass is 9.81. The molecule has 1 aliphatic carbocycles. The number of hydrogen-bond donors (Lipinski definition) is 11. The van der Waals surface area contributed by atoms with E-state index < -0.39 is 71.4 Å². The van der Waals surface area contributed by atoms with Crippen molar-refractivity contribution in [1.29, 1.82) is 0 Å². The van der Waals surface area contributed by atoms with Crippen LogP contribution >= 0.6 is 24.8 Å². The molecule has 0 bridgehead atoms. The molecular weight excluding hydrogens is 983 g/mol. The summed E-state index contributed by atoms with van der Waals surface area (Å²) in [6.07, 6.45) is 0.0639. The zero-order valence-corrected chi connectivity index (χ0v) is 42.5. The summed E-state index contributed by atoms with van der Waals surface area (Å²) in [4.78, 5) is 89.5. The van der Waals surface area contributed by atoms with Crippen LogP contribution in [-0.2, 0) is 33.4 Å². The minimum atomic E-state index is -1.42. The predicted octanol–water partition coefficient (Wildman–Crippen LogP) is 3.79. The monoisotopic (exact) mass is 1050 g/mol. The van der Waals surface area contributed by atoms with Gasteiger partial charge in [0.2, 0.25) is 18.0 Å². The number of esters is 3. The molecule has 5 atom stereocenters. The molecule has 3 aromatic carbocycles. The Hall–Kier alpha value is -6.23. The molecule has 0 spiro atoms. The number of phenols is 3. The number of hydrogen-bond acceptors (Lipinski definition) is 19. The number of fused-ring (bicyclic) bond motifs is 2. The number of phenolic OH excluding ortho intramolecular Hbond substituents is 3. The number of aliphatic hydroxyl groups is 2. The minimum Gasteiger partial charge on any atom is -0.507 e. The van der Waals surface area contributed by atoms with E-state index in [2.05, 4.69) is 31.9 Å². The van der Waals surface area contributed by atoms with Crippen molar-refractivity contribution < 1.29 is 73.3 Å². The van der Waals surface area contributed by atoms with Gasteiger partial charge in [0.1, 0.15) is 23.7 Å². The number of halogens is 2. The van der Waals surface area contributed by atoms with Crippen molar-refractivity contribution in [1.82, 2.24) is 16.0 Å². The van der Waals surface area contributed by atoms with Gasteiger partial charge >= 0.3 is 17.9 Å². The molecule has 2 aliphatic rings. The first-order chi connectivity index (χ1) is 33.5. The number of aromatic hydroxyl groups is 3. The first-order valence-electron chi connectivity index (χ1n) is 23.4. The number of carbonyl (C=O) groups excluding carboxylic acids is 7.